The quantitative estimate of drug-likeness (QED) is 0.609. The molecule has 1 aliphatic carbocycles. The van der Waals surface area contributed by atoms with Gasteiger partial charge in [0.2, 0.25) is 0 Å². The Morgan fingerprint density at radius 1 is 1.36 bits per heavy atom. The fourth-order valence-corrected chi connectivity index (χ4v) is 1.53. The van der Waals surface area contributed by atoms with Crippen LogP contribution in [0.2, 0.25) is 0 Å². The molecule has 1 aliphatic rings. The van der Waals surface area contributed by atoms with E-state index in [-0.39, 0.29) is 0 Å². The summed E-state index contributed by atoms with van der Waals surface area (Å²) in [6, 6.07) is 0. The van der Waals surface area contributed by atoms with Crippen molar-refractivity contribution in [2.75, 3.05) is 0 Å². The van der Waals surface area contributed by atoms with Crippen LogP contribution in [-0.4, -0.2) is 33.6 Å². The lowest BCUT2D eigenvalue weighted by Crippen LogP contribution is -2.41. The SMILES string of the molecule is CC(O)C1=CC(C)(C(C)O)C(O)C=C1. The van der Waals surface area contributed by atoms with Gasteiger partial charge in [-0.2, -0.15) is 0 Å². The molecule has 0 saturated carbocycles. The highest BCUT2D eigenvalue weighted by atomic mass is 16.3. The number of rotatable bonds is 2. The van der Waals surface area contributed by atoms with Crippen molar-refractivity contribution in [3.8, 4) is 0 Å². The van der Waals surface area contributed by atoms with Crippen LogP contribution < -0.4 is 0 Å². The molecule has 4 unspecified atom stereocenters. The van der Waals surface area contributed by atoms with Gasteiger partial charge in [-0.15, -0.1) is 0 Å². The summed E-state index contributed by atoms with van der Waals surface area (Å²) in [6.07, 6.45) is 3.11. The predicted octanol–water partition coefficient (Wildman–Crippen LogP) is 0.611. The molecular weight excluding hydrogens is 180 g/mol. The molecule has 80 valence electrons. The van der Waals surface area contributed by atoms with Gasteiger partial charge in [-0.25, -0.2) is 0 Å². The van der Waals surface area contributed by atoms with E-state index in [1.807, 2.05) is 0 Å². The maximum Gasteiger partial charge on any atom is 0.0837 e. The van der Waals surface area contributed by atoms with Crippen molar-refractivity contribution in [1.82, 2.24) is 0 Å². The van der Waals surface area contributed by atoms with E-state index in [4.69, 9.17) is 0 Å². The molecule has 0 aromatic rings. The van der Waals surface area contributed by atoms with Gasteiger partial charge in [0.25, 0.3) is 0 Å². The first-order valence-corrected chi connectivity index (χ1v) is 4.83. The molecule has 0 heterocycles. The highest BCUT2D eigenvalue weighted by Crippen LogP contribution is 2.34. The van der Waals surface area contributed by atoms with Crippen LogP contribution in [0.3, 0.4) is 0 Å². The van der Waals surface area contributed by atoms with E-state index in [9.17, 15) is 15.3 Å². The van der Waals surface area contributed by atoms with Crippen LogP contribution in [0, 0.1) is 5.41 Å². The summed E-state index contributed by atoms with van der Waals surface area (Å²) >= 11 is 0. The summed E-state index contributed by atoms with van der Waals surface area (Å²) in [5.74, 6) is 0. The summed E-state index contributed by atoms with van der Waals surface area (Å²) in [7, 11) is 0. The molecule has 1 rings (SSSR count). The van der Waals surface area contributed by atoms with Crippen molar-refractivity contribution < 1.29 is 15.3 Å². The second-order valence-electron chi connectivity index (χ2n) is 4.17. The molecule has 14 heavy (non-hydrogen) atoms. The lowest BCUT2D eigenvalue weighted by molar-refractivity contribution is 0.00238. The number of aliphatic hydroxyl groups is 3. The van der Waals surface area contributed by atoms with Crippen LogP contribution in [-0.2, 0) is 0 Å². The lowest BCUT2D eigenvalue weighted by Gasteiger charge is -2.36. The zero-order valence-electron chi connectivity index (χ0n) is 8.81. The molecular formula is C11H18O3. The summed E-state index contributed by atoms with van der Waals surface area (Å²) in [5, 5.41) is 28.7. The van der Waals surface area contributed by atoms with Crippen molar-refractivity contribution in [3.63, 3.8) is 0 Å². The van der Waals surface area contributed by atoms with Crippen LogP contribution in [0.15, 0.2) is 23.8 Å². The minimum Gasteiger partial charge on any atom is -0.392 e. The number of aliphatic hydroxyl groups excluding tert-OH is 3. The molecule has 0 aromatic heterocycles. The van der Waals surface area contributed by atoms with Crippen molar-refractivity contribution in [1.29, 1.82) is 0 Å². The second-order valence-corrected chi connectivity index (χ2v) is 4.17. The van der Waals surface area contributed by atoms with E-state index in [2.05, 4.69) is 0 Å². The largest absolute Gasteiger partial charge is 0.392 e. The van der Waals surface area contributed by atoms with Gasteiger partial charge in [-0.05, 0) is 19.4 Å². The smallest absolute Gasteiger partial charge is 0.0837 e. The molecule has 0 fully saturated rings. The number of hydrogen-bond acceptors (Lipinski definition) is 3. The molecule has 0 aromatic carbocycles. The van der Waals surface area contributed by atoms with Crippen LogP contribution in [0.25, 0.3) is 0 Å². The van der Waals surface area contributed by atoms with Gasteiger partial charge in [0, 0.05) is 5.41 Å². The Hall–Kier alpha value is -0.640. The first-order valence-electron chi connectivity index (χ1n) is 4.83. The zero-order valence-corrected chi connectivity index (χ0v) is 8.81. The molecule has 3 heteroatoms. The molecule has 3 nitrogen and oxygen atoms in total. The normalized spacial score (nSPS) is 36.4. The van der Waals surface area contributed by atoms with E-state index in [0.717, 1.165) is 5.57 Å². The molecule has 0 bridgehead atoms. The third kappa shape index (κ3) is 1.90. The van der Waals surface area contributed by atoms with Crippen LogP contribution in [0.1, 0.15) is 20.8 Å². The highest BCUT2D eigenvalue weighted by molar-refractivity contribution is 5.32. The van der Waals surface area contributed by atoms with Crippen molar-refractivity contribution in [3.05, 3.63) is 23.8 Å². The third-order valence-electron chi connectivity index (χ3n) is 2.97. The van der Waals surface area contributed by atoms with Gasteiger partial charge >= 0.3 is 0 Å². The molecule has 3 N–H and O–H groups in total. The maximum atomic E-state index is 9.73. The minimum absolute atomic E-state index is 0.572. The topological polar surface area (TPSA) is 60.7 Å². The van der Waals surface area contributed by atoms with E-state index < -0.39 is 23.7 Å². The molecule has 0 radical (unpaired) electrons. The van der Waals surface area contributed by atoms with E-state index in [0.29, 0.717) is 0 Å². The van der Waals surface area contributed by atoms with Gasteiger partial charge in [-0.1, -0.05) is 25.2 Å². The Bertz CT molecular complexity index is 266. The first kappa shape index (κ1) is 11.4. The molecule has 4 atom stereocenters. The third-order valence-corrected chi connectivity index (χ3v) is 2.97. The Morgan fingerprint density at radius 2 is 1.93 bits per heavy atom. The zero-order chi connectivity index (χ0) is 10.9. The van der Waals surface area contributed by atoms with Crippen LogP contribution >= 0.6 is 0 Å². The van der Waals surface area contributed by atoms with Gasteiger partial charge in [0.1, 0.15) is 0 Å². The highest BCUT2D eigenvalue weighted by Gasteiger charge is 2.36. The van der Waals surface area contributed by atoms with E-state index in [1.165, 1.54) is 0 Å². The number of hydrogen-bond donors (Lipinski definition) is 3. The van der Waals surface area contributed by atoms with Gasteiger partial charge in [0.05, 0.1) is 18.3 Å². The molecule has 0 spiro atoms. The van der Waals surface area contributed by atoms with Crippen LogP contribution in [0.5, 0.6) is 0 Å². The molecule has 0 amide bonds. The molecule has 0 aliphatic heterocycles. The van der Waals surface area contributed by atoms with Crippen molar-refractivity contribution in [2.24, 2.45) is 5.41 Å². The standard InChI is InChI=1S/C11H18O3/c1-7(12)9-4-5-10(14)11(3,6-9)8(2)13/h4-8,10,12-14H,1-3H3. The fourth-order valence-electron chi connectivity index (χ4n) is 1.53. The average Bonchev–Trinajstić information content (AvgIpc) is 2.09. The van der Waals surface area contributed by atoms with Gasteiger partial charge in [-0.3, -0.25) is 0 Å². The van der Waals surface area contributed by atoms with Crippen molar-refractivity contribution >= 4 is 0 Å². The summed E-state index contributed by atoms with van der Waals surface area (Å²) in [5.41, 5.74) is 0.0276. The Balaban J connectivity index is 3.02. The van der Waals surface area contributed by atoms with Gasteiger partial charge in [0.15, 0.2) is 0 Å². The van der Waals surface area contributed by atoms with Gasteiger partial charge < -0.3 is 15.3 Å². The van der Waals surface area contributed by atoms with Crippen molar-refractivity contribution in [2.45, 2.75) is 39.1 Å². The Labute approximate surface area is 84.4 Å². The van der Waals surface area contributed by atoms with Crippen LogP contribution in [0.4, 0.5) is 0 Å². The second kappa shape index (κ2) is 3.85. The Morgan fingerprint density at radius 3 is 2.36 bits per heavy atom. The maximum absolute atomic E-state index is 9.73. The van der Waals surface area contributed by atoms with E-state index >= 15 is 0 Å². The Kier molecular flexibility index (Phi) is 3.14. The predicted molar refractivity (Wildman–Crippen MR) is 54.7 cm³/mol. The average molecular weight is 198 g/mol. The molecule has 0 saturated heterocycles. The summed E-state index contributed by atoms with van der Waals surface area (Å²) in [4.78, 5) is 0. The monoisotopic (exact) mass is 198 g/mol. The minimum atomic E-state index is -0.707. The van der Waals surface area contributed by atoms with E-state index in [1.54, 1.807) is 39.0 Å². The lowest BCUT2D eigenvalue weighted by atomic mass is 9.74. The fraction of sp³-hybridized carbons (Fsp3) is 0.636. The summed E-state index contributed by atoms with van der Waals surface area (Å²) < 4.78 is 0. The first-order chi connectivity index (χ1) is 6.38. The summed E-state index contributed by atoms with van der Waals surface area (Å²) in [6.45, 7) is 5.07.